The lowest BCUT2D eigenvalue weighted by molar-refractivity contribution is -0.141. The van der Waals surface area contributed by atoms with Gasteiger partial charge in [0.1, 0.15) is 0 Å². The van der Waals surface area contributed by atoms with E-state index < -0.39 is 17.9 Å². The monoisotopic (exact) mass is 455 g/mol. The molecular weight excluding hydrogens is 426 g/mol. The number of carbonyl (C=O) groups excluding carboxylic acids is 2. The normalized spacial score (nSPS) is 12.8. The maximum absolute atomic E-state index is 13.6. The number of hydrogen-bond acceptors (Lipinski definition) is 5. The van der Waals surface area contributed by atoms with Crippen LogP contribution >= 0.6 is 0 Å². The predicted molar refractivity (Wildman–Crippen MR) is 137 cm³/mol. The number of anilines is 1. The zero-order valence-electron chi connectivity index (χ0n) is 19.7. The van der Waals surface area contributed by atoms with Crippen LogP contribution in [0.25, 0.3) is 22.2 Å². The highest BCUT2D eigenvalue weighted by Crippen LogP contribution is 2.32. The number of nitrogen functional groups attached to an aromatic ring is 1. The minimum absolute atomic E-state index is 0.233. The van der Waals surface area contributed by atoms with E-state index in [1.165, 1.54) is 13.2 Å². The molecule has 3 N–H and O–H groups in total. The average Bonchev–Trinajstić information content (AvgIpc) is 2.87. The number of nitrogens with zero attached hydrogens (tertiary/aromatic N) is 1. The molecule has 3 rings (SSSR count). The number of benzene rings is 2. The summed E-state index contributed by atoms with van der Waals surface area (Å²) in [7, 11) is 1.28. The molecule has 0 saturated heterocycles. The van der Waals surface area contributed by atoms with Gasteiger partial charge in [0.25, 0.3) is 5.91 Å². The Kier molecular flexibility index (Phi) is 7.98. The van der Waals surface area contributed by atoms with Gasteiger partial charge >= 0.3 is 5.97 Å². The van der Waals surface area contributed by atoms with Crippen LogP contribution in [0, 0.1) is 0 Å². The van der Waals surface area contributed by atoms with E-state index in [0.29, 0.717) is 22.2 Å². The first-order valence-electron chi connectivity index (χ1n) is 11.0. The Balaban J connectivity index is 2.13. The summed E-state index contributed by atoms with van der Waals surface area (Å²) in [4.78, 5) is 30.9. The average molecular weight is 456 g/mol. The van der Waals surface area contributed by atoms with E-state index in [1.807, 2.05) is 68.5 Å². The van der Waals surface area contributed by atoms with Crippen molar-refractivity contribution in [1.82, 2.24) is 10.3 Å². The molecule has 0 fully saturated rings. The molecule has 0 aliphatic carbocycles. The Labute approximate surface area is 199 Å². The summed E-state index contributed by atoms with van der Waals surface area (Å²) in [5, 5.41) is 3.39. The Morgan fingerprint density at radius 2 is 1.79 bits per heavy atom. The molecule has 0 bridgehead atoms. The third kappa shape index (κ3) is 5.23. The SMILES string of the molecule is C=C/C(=C\C=C(/C)CC)C(NC(=O)c1c(N)c(-c2ccccc2)nc2ccccc12)C(=O)OC. The van der Waals surface area contributed by atoms with Crippen LogP contribution in [-0.4, -0.2) is 30.0 Å². The van der Waals surface area contributed by atoms with Gasteiger partial charge in [-0.25, -0.2) is 9.78 Å². The van der Waals surface area contributed by atoms with E-state index in [2.05, 4.69) is 11.9 Å². The first kappa shape index (κ1) is 24.5. The highest BCUT2D eigenvalue weighted by atomic mass is 16.5. The zero-order valence-corrected chi connectivity index (χ0v) is 19.7. The van der Waals surface area contributed by atoms with E-state index in [4.69, 9.17) is 15.5 Å². The van der Waals surface area contributed by atoms with Gasteiger partial charge in [0.15, 0.2) is 6.04 Å². The van der Waals surface area contributed by atoms with Gasteiger partial charge in [0, 0.05) is 10.9 Å². The number of carbonyl (C=O) groups is 2. The second kappa shape index (κ2) is 11.1. The molecule has 0 spiro atoms. The molecule has 6 nitrogen and oxygen atoms in total. The number of nitrogens with two attached hydrogens (primary N) is 1. The number of aromatic nitrogens is 1. The number of nitrogens with one attached hydrogen (secondary N) is 1. The number of hydrogen-bond donors (Lipinski definition) is 2. The van der Waals surface area contributed by atoms with Crippen molar-refractivity contribution in [3.8, 4) is 11.3 Å². The van der Waals surface area contributed by atoms with Crippen LogP contribution in [0.15, 0.2) is 90.6 Å². The van der Waals surface area contributed by atoms with Gasteiger partial charge in [-0.3, -0.25) is 4.79 Å². The fourth-order valence-electron chi connectivity index (χ4n) is 3.53. The van der Waals surface area contributed by atoms with Gasteiger partial charge in [-0.15, -0.1) is 0 Å². The Morgan fingerprint density at radius 3 is 2.44 bits per heavy atom. The van der Waals surface area contributed by atoms with Crippen LogP contribution < -0.4 is 11.1 Å². The van der Waals surface area contributed by atoms with Crippen LogP contribution in [0.1, 0.15) is 30.6 Å². The number of pyridine rings is 1. The van der Waals surface area contributed by atoms with Crippen molar-refractivity contribution in [3.05, 3.63) is 96.1 Å². The molecule has 3 aromatic rings. The molecule has 1 heterocycles. The number of ether oxygens (including phenoxy) is 1. The number of fused-ring (bicyclic) bond motifs is 1. The van der Waals surface area contributed by atoms with Gasteiger partial charge in [-0.05, 0) is 25.0 Å². The fourth-order valence-corrected chi connectivity index (χ4v) is 3.53. The summed E-state index contributed by atoms with van der Waals surface area (Å²) in [5.74, 6) is -1.12. The molecule has 0 radical (unpaired) electrons. The molecule has 0 saturated carbocycles. The predicted octanol–water partition coefficient (Wildman–Crippen LogP) is 5.22. The third-order valence-electron chi connectivity index (χ3n) is 5.60. The molecule has 1 aromatic heterocycles. The minimum Gasteiger partial charge on any atom is -0.467 e. The molecule has 0 aliphatic rings. The second-order valence-corrected chi connectivity index (χ2v) is 7.80. The number of amides is 1. The molecular formula is C28H29N3O3. The van der Waals surface area contributed by atoms with Crippen molar-refractivity contribution < 1.29 is 14.3 Å². The van der Waals surface area contributed by atoms with Crippen LogP contribution in [0.4, 0.5) is 5.69 Å². The quantitative estimate of drug-likeness (QED) is 0.359. The van der Waals surface area contributed by atoms with Crippen molar-refractivity contribution in [2.75, 3.05) is 12.8 Å². The number of methoxy groups -OCH3 is 1. The van der Waals surface area contributed by atoms with Gasteiger partial charge < -0.3 is 15.8 Å². The Hall–Kier alpha value is -4.19. The van der Waals surface area contributed by atoms with E-state index in [9.17, 15) is 9.59 Å². The first-order valence-corrected chi connectivity index (χ1v) is 11.0. The Bertz CT molecular complexity index is 1280. The first-order chi connectivity index (χ1) is 16.4. The lowest BCUT2D eigenvalue weighted by atomic mass is 9.99. The van der Waals surface area contributed by atoms with Crippen LogP contribution in [0.2, 0.25) is 0 Å². The molecule has 1 atom stereocenters. The lowest BCUT2D eigenvalue weighted by Gasteiger charge is -2.20. The zero-order chi connectivity index (χ0) is 24.7. The summed E-state index contributed by atoms with van der Waals surface area (Å²) >= 11 is 0. The van der Waals surface area contributed by atoms with Crippen molar-refractivity contribution in [3.63, 3.8) is 0 Å². The molecule has 34 heavy (non-hydrogen) atoms. The maximum atomic E-state index is 13.6. The molecule has 1 unspecified atom stereocenters. The number of rotatable bonds is 8. The number of esters is 1. The summed E-state index contributed by atoms with van der Waals surface area (Å²) in [6.45, 7) is 7.83. The van der Waals surface area contributed by atoms with Crippen molar-refractivity contribution >= 4 is 28.5 Å². The van der Waals surface area contributed by atoms with E-state index in [-0.39, 0.29) is 11.3 Å². The molecule has 6 heteroatoms. The van der Waals surface area contributed by atoms with Crippen molar-refractivity contribution in [2.24, 2.45) is 0 Å². The standard InChI is InChI=1S/C28H29N3O3/c1-5-18(3)16-17-19(6-2)26(28(33)34-4)31-27(32)23-21-14-10-11-15-22(21)30-25(24(23)29)20-12-8-7-9-13-20/h6-17,26H,2,5,29H2,1,3-4H3,(H,31,32)/b18-16+,19-17+. The van der Waals surface area contributed by atoms with Gasteiger partial charge in [0.2, 0.25) is 0 Å². The highest BCUT2D eigenvalue weighted by molar-refractivity contribution is 6.13. The van der Waals surface area contributed by atoms with Crippen LogP contribution in [0.3, 0.4) is 0 Å². The Morgan fingerprint density at radius 1 is 1.12 bits per heavy atom. The van der Waals surface area contributed by atoms with E-state index >= 15 is 0 Å². The third-order valence-corrected chi connectivity index (χ3v) is 5.60. The second-order valence-electron chi connectivity index (χ2n) is 7.80. The summed E-state index contributed by atoms with van der Waals surface area (Å²) in [6.07, 6.45) is 6.04. The van der Waals surface area contributed by atoms with E-state index in [1.54, 1.807) is 12.1 Å². The number of allylic oxidation sites excluding steroid dienone is 3. The molecule has 174 valence electrons. The van der Waals surface area contributed by atoms with Crippen LogP contribution in [0.5, 0.6) is 0 Å². The summed E-state index contributed by atoms with van der Waals surface area (Å²) in [5.41, 5.74) is 10.5. The largest absolute Gasteiger partial charge is 0.467 e. The summed E-state index contributed by atoms with van der Waals surface area (Å²) < 4.78 is 4.97. The van der Waals surface area contributed by atoms with Gasteiger partial charge in [0.05, 0.1) is 29.6 Å². The maximum Gasteiger partial charge on any atom is 0.333 e. The topological polar surface area (TPSA) is 94.3 Å². The van der Waals surface area contributed by atoms with Crippen molar-refractivity contribution in [1.29, 1.82) is 0 Å². The van der Waals surface area contributed by atoms with E-state index in [0.717, 1.165) is 17.6 Å². The highest BCUT2D eigenvalue weighted by Gasteiger charge is 2.27. The van der Waals surface area contributed by atoms with Crippen LogP contribution in [-0.2, 0) is 9.53 Å². The van der Waals surface area contributed by atoms with Gasteiger partial charge in [-0.1, -0.05) is 85.8 Å². The fraction of sp³-hybridized carbons (Fsp3) is 0.179. The summed E-state index contributed by atoms with van der Waals surface area (Å²) in [6, 6.07) is 15.6. The molecule has 1 amide bonds. The molecule has 2 aromatic carbocycles. The van der Waals surface area contributed by atoms with Gasteiger partial charge in [-0.2, -0.15) is 0 Å². The van der Waals surface area contributed by atoms with Crippen molar-refractivity contribution in [2.45, 2.75) is 26.3 Å². The lowest BCUT2D eigenvalue weighted by Crippen LogP contribution is -2.43. The smallest absolute Gasteiger partial charge is 0.333 e. The molecule has 0 aliphatic heterocycles. The minimum atomic E-state index is -1.05. The number of para-hydroxylation sites is 1.